The topological polar surface area (TPSA) is 66.5 Å². The van der Waals surface area contributed by atoms with E-state index in [0.717, 1.165) is 31.5 Å². The average Bonchev–Trinajstić information content (AvgIpc) is 3.15. The van der Waals surface area contributed by atoms with Gasteiger partial charge in [-0.1, -0.05) is 36.4 Å². The van der Waals surface area contributed by atoms with Gasteiger partial charge >= 0.3 is 0 Å². The number of carbonyl (C=O) groups excluding carboxylic acids is 1. The van der Waals surface area contributed by atoms with Gasteiger partial charge in [-0.15, -0.1) is 0 Å². The normalized spacial score (nSPS) is 14.5. The SMILES string of the molecule is O=C(c1cccc(NS(=O)(=O)CCc2ccccc2)c1)N1CCCC1. The molecular formula is C19H22N2O3S. The van der Waals surface area contributed by atoms with Crippen molar-refractivity contribution in [3.63, 3.8) is 0 Å². The summed E-state index contributed by atoms with van der Waals surface area (Å²) in [6.07, 6.45) is 2.50. The second kappa shape index (κ2) is 7.70. The summed E-state index contributed by atoms with van der Waals surface area (Å²) in [4.78, 5) is 14.2. The van der Waals surface area contributed by atoms with Gasteiger partial charge in [-0.2, -0.15) is 0 Å². The van der Waals surface area contributed by atoms with Gasteiger partial charge in [0.1, 0.15) is 0 Å². The summed E-state index contributed by atoms with van der Waals surface area (Å²) in [6.45, 7) is 1.54. The molecular weight excluding hydrogens is 336 g/mol. The molecule has 0 aliphatic carbocycles. The highest BCUT2D eigenvalue weighted by molar-refractivity contribution is 7.92. The van der Waals surface area contributed by atoms with Gasteiger partial charge < -0.3 is 4.90 Å². The summed E-state index contributed by atoms with van der Waals surface area (Å²) in [5.74, 6) is -0.0377. The molecule has 1 aliphatic rings. The minimum atomic E-state index is -3.47. The van der Waals surface area contributed by atoms with Crippen LogP contribution >= 0.6 is 0 Å². The van der Waals surface area contributed by atoms with Crippen molar-refractivity contribution in [1.29, 1.82) is 0 Å². The Morgan fingerprint density at radius 3 is 2.44 bits per heavy atom. The summed E-state index contributed by atoms with van der Waals surface area (Å²) in [7, 11) is -3.47. The van der Waals surface area contributed by atoms with Crippen LogP contribution in [0.2, 0.25) is 0 Å². The van der Waals surface area contributed by atoms with Crippen LogP contribution in [-0.2, 0) is 16.4 Å². The van der Waals surface area contributed by atoms with Crippen LogP contribution in [0.5, 0.6) is 0 Å². The molecule has 132 valence electrons. The first-order valence-electron chi connectivity index (χ1n) is 8.47. The molecule has 0 unspecified atom stereocenters. The maximum Gasteiger partial charge on any atom is 0.253 e. The molecule has 1 heterocycles. The van der Waals surface area contributed by atoms with Crippen LogP contribution in [0.1, 0.15) is 28.8 Å². The number of aryl methyl sites for hydroxylation is 1. The van der Waals surface area contributed by atoms with Gasteiger partial charge in [0.05, 0.1) is 5.75 Å². The van der Waals surface area contributed by atoms with Crippen molar-refractivity contribution in [2.75, 3.05) is 23.6 Å². The Morgan fingerprint density at radius 1 is 1.00 bits per heavy atom. The average molecular weight is 358 g/mol. The highest BCUT2D eigenvalue weighted by Gasteiger charge is 2.20. The van der Waals surface area contributed by atoms with E-state index in [2.05, 4.69) is 4.72 Å². The molecule has 0 radical (unpaired) electrons. The third-order valence-electron chi connectivity index (χ3n) is 4.28. The van der Waals surface area contributed by atoms with Crippen molar-refractivity contribution in [2.24, 2.45) is 0 Å². The first kappa shape index (κ1) is 17.5. The molecule has 6 heteroatoms. The van der Waals surface area contributed by atoms with Crippen LogP contribution < -0.4 is 4.72 Å². The molecule has 1 fully saturated rings. The lowest BCUT2D eigenvalue weighted by atomic mass is 10.2. The fourth-order valence-electron chi connectivity index (χ4n) is 2.95. The quantitative estimate of drug-likeness (QED) is 0.863. The predicted octanol–water partition coefficient (Wildman–Crippen LogP) is 2.91. The molecule has 3 rings (SSSR count). The van der Waals surface area contributed by atoms with E-state index in [1.165, 1.54) is 0 Å². The van der Waals surface area contributed by atoms with E-state index in [9.17, 15) is 13.2 Å². The third-order valence-corrected chi connectivity index (χ3v) is 5.57. The Kier molecular flexibility index (Phi) is 5.38. The largest absolute Gasteiger partial charge is 0.339 e. The van der Waals surface area contributed by atoms with E-state index in [1.807, 2.05) is 35.2 Å². The first-order valence-corrected chi connectivity index (χ1v) is 10.1. The Balaban J connectivity index is 1.65. The highest BCUT2D eigenvalue weighted by atomic mass is 32.2. The molecule has 25 heavy (non-hydrogen) atoms. The number of nitrogens with one attached hydrogen (secondary N) is 1. The molecule has 2 aromatic carbocycles. The van der Waals surface area contributed by atoms with Crippen LogP contribution in [0.25, 0.3) is 0 Å². The van der Waals surface area contributed by atoms with Gasteiger partial charge in [-0.3, -0.25) is 9.52 Å². The zero-order chi connectivity index (χ0) is 17.7. The smallest absolute Gasteiger partial charge is 0.253 e. The van der Waals surface area contributed by atoms with Crippen LogP contribution in [0.4, 0.5) is 5.69 Å². The predicted molar refractivity (Wildman–Crippen MR) is 99.1 cm³/mol. The van der Waals surface area contributed by atoms with E-state index >= 15 is 0 Å². The van der Waals surface area contributed by atoms with E-state index in [4.69, 9.17) is 0 Å². The Morgan fingerprint density at radius 2 is 1.72 bits per heavy atom. The van der Waals surface area contributed by atoms with E-state index in [-0.39, 0.29) is 11.7 Å². The number of sulfonamides is 1. The standard InChI is InChI=1S/C19H22N2O3S/c22-19(21-12-4-5-13-21)17-9-6-10-18(15-17)20-25(23,24)14-11-16-7-2-1-3-8-16/h1-3,6-10,15,20H,4-5,11-14H2. The molecule has 1 aliphatic heterocycles. The van der Waals surface area contributed by atoms with Crippen molar-refractivity contribution >= 4 is 21.6 Å². The summed E-state index contributed by atoms with van der Waals surface area (Å²) in [6, 6.07) is 16.2. The number of nitrogens with zero attached hydrogens (tertiary/aromatic N) is 1. The van der Waals surface area contributed by atoms with E-state index in [1.54, 1.807) is 24.3 Å². The summed E-state index contributed by atoms with van der Waals surface area (Å²) >= 11 is 0. The Bertz CT molecular complexity index is 829. The number of rotatable bonds is 6. The lowest BCUT2D eigenvalue weighted by Crippen LogP contribution is -2.27. The number of likely N-dealkylation sites (tertiary alicyclic amines) is 1. The summed E-state index contributed by atoms with van der Waals surface area (Å²) in [5, 5.41) is 0. The molecule has 1 amide bonds. The van der Waals surface area contributed by atoms with E-state index < -0.39 is 10.0 Å². The van der Waals surface area contributed by atoms with Crippen molar-refractivity contribution in [3.05, 3.63) is 65.7 Å². The van der Waals surface area contributed by atoms with Crippen LogP contribution in [0, 0.1) is 0 Å². The molecule has 1 saturated heterocycles. The van der Waals surface area contributed by atoms with Crippen LogP contribution in [-0.4, -0.2) is 38.1 Å². The molecule has 0 bridgehead atoms. The van der Waals surface area contributed by atoms with E-state index in [0.29, 0.717) is 17.7 Å². The van der Waals surface area contributed by atoms with Crippen molar-refractivity contribution in [1.82, 2.24) is 4.90 Å². The number of anilines is 1. The van der Waals surface area contributed by atoms with Gasteiger partial charge in [-0.05, 0) is 43.0 Å². The second-order valence-corrected chi connectivity index (χ2v) is 8.08. The molecule has 0 atom stereocenters. The fourth-order valence-corrected chi connectivity index (χ4v) is 4.04. The summed E-state index contributed by atoms with van der Waals surface area (Å²) < 4.78 is 27.2. The molecule has 0 spiro atoms. The molecule has 0 saturated carbocycles. The third kappa shape index (κ3) is 4.82. The number of carbonyl (C=O) groups is 1. The van der Waals surface area contributed by atoms with Gasteiger partial charge in [0.2, 0.25) is 10.0 Å². The minimum absolute atomic E-state index is 0.00130. The second-order valence-electron chi connectivity index (χ2n) is 6.24. The Hall–Kier alpha value is -2.34. The monoisotopic (exact) mass is 358 g/mol. The molecule has 2 aromatic rings. The first-order chi connectivity index (χ1) is 12.0. The highest BCUT2D eigenvalue weighted by Crippen LogP contribution is 2.17. The molecule has 1 N–H and O–H groups in total. The van der Waals surface area contributed by atoms with Crippen molar-refractivity contribution < 1.29 is 13.2 Å². The molecule has 0 aromatic heterocycles. The van der Waals surface area contributed by atoms with Gasteiger partial charge in [0, 0.05) is 24.3 Å². The minimum Gasteiger partial charge on any atom is -0.339 e. The zero-order valence-corrected chi connectivity index (χ0v) is 14.8. The number of hydrogen-bond acceptors (Lipinski definition) is 3. The maximum absolute atomic E-state index is 12.4. The van der Waals surface area contributed by atoms with Crippen LogP contribution in [0.3, 0.4) is 0 Å². The van der Waals surface area contributed by atoms with Gasteiger partial charge in [0.15, 0.2) is 0 Å². The van der Waals surface area contributed by atoms with Crippen LogP contribution in [0.15, 0.2) is 54.6 Å². The van der Waals surface area contributed by atoms with Gasteiger partial charge in [0.25, 0.3) is 5.91 Å². The summed E-state index contributed by atoms with van der Waals surface area (Å²) in [5.41, 5.74) is 1.93. The lowest BCUT2D eigenvalue weighted by molar-refractivity contribution is 0.0793. The maximum atomic E-state index is 12.4. The Labute approximate surface area is 148 Å². The van der Waals surface area contributed by atoms with Crippen molar-refractivity contribution in [2.45, 2.75) is 19.3 Å². The molecule has 5 nitrogen and oxygen atoms in total. The zero-order valence-electron chi connectivity index (χ0n) is 14.0. The van der Waals surface area contributed by atoms with Gasteiger partial charge in [-0.25, -0.2) is 8.42 Å². The fraction of sp³-hybridized carbons (Fsp3) is 0.316. The van der Waals surface area contributed by atoms with Crippen molar-refractivity contribution in [3.8, 4) is 0 Å². The number of amides is 1. The number of hydrogen-bond donors (Lipinski definition) is 1. The number of benzene rings is 2. The lowest BCUT2D eigenvalue weighted by Gasteiger charge is -2.16.